The minimum Gasteiger partial charge on any atom is -0.503 e. The van der Waals surface area contributed by atoms with Crippen molar-refractivity contribution >= 4 is 0 Å². The molecule has 2 heterocycles. The highest BCUT2D eigenvalue weighted by Gasteiger charge is 2.30. The fraction of sp³-hybridized carbons (Fsp3) is 0.706. The lowest BCUT2D eigenvalue weighted by atomic mass is 9.99. The van der Waals surface area contributed by atoms with Crippen LogP contribution in [0.1, 0.15) is 56.0 Å². The second-order valence-corrected chi connectivity index (χ2v) is 6.68. The quantitative estimate of drug-likeness (QED) is 0.872. The van der Waals surface area contributed by atoms with Crippen LogP contribution in [-0.4, -0.2) is 38.9 Å². The number of aryl methyl sites for hydroxylation is 1. The maximum Gasteiger partial charge on any atom is 0.223 e. The van der Waals surface area contributed by atoms with E-state index in [1.807, 2.05) is 6.92 Å². The summed E-state index contributed by atoms with van der Waals surface area (Å²) in [4.78, 5) is 14.3. The molecule has 0 spiro atoms. The topological polar surface area (TPSA) is 65.7 Å². The maximum absolute atomic E-state index is 12.0. The third-order valence-corrected chi connectivity index (χ3v) is 4.99. The van der Waals surface area contributed by atoms with Crippen molar-refractivity contribution in [3.8, 4) is 5.75 Å². The van der Waals surface area contributed by atoms with Crippen LogP contribution in [0.5, 0.6) is 5.75 Å². The van der Waals surface area contributed by atoms with Gasteiger partial charge < -0.3 is 14.8 Å². The first-order valence-corrected chi connectivity index (χ1v) is 8.40. The Kier molecular flexibility index (Phi) is 4.54. The van der Waals surface area contributed by atoms with E-state index < -0.39 is 0 Å². The van der Waals surface area contributed by atoms with Crippen LogP contribution in [0, 0.1) is 6.92 Å². The van der Waals surface area contributed by atoms with E-state index in [1.54, 1.807) is 6.07 Å². The number of hydrogen-bond donors (Lipinski definition) is 2. The molecule has 0 bridgehead atoms. The molecule has 1 saturated heterocycles. The number of nitrogens with zero attached hydrogens (tertiary/aromatic N) is 2. The Hall–Kier alpha value is -1.33. The first-order valence-electron chi connectivity index (χ1n) is 8.40. The molecule has 1 aromatic heterocycles. The Morgan fingerprint density at radius 1 is 1.27 bits per heavy atom. The first kappa shape index (κ1) is 15.6. The smallest absolute Gasteiger partial charge is 0.223 e. The molecule has 1 saturated carbocycles. The second kappa shape index (κ2) is 6.42. The number of aromatic nitrogens is 1. The van der Waals surface area contributed by atoms with E-state index in [2.05, 4.69) is 9.47 Å². The molecule has 3 rings (SSSR count). The van der Waals surface area contributed by atoms with Crippen LogP contribution in [-0.2, 0) is 6.54 Å². The Morgan fingerprint density at radius 2 is 2.05 bits per heavy atom. The van der Waals surface area contributed by atoms with E-state index in [1.165, 1.54) is 6.42 Å². The predicted octanol–water partition coefficient (Wildman–Crippen LogP) is 1.93. The van der Waals surface area contributed by atoms with Gasteiger partial charge in [0.05, 0.1) is 5.69 Å². The molecule has 1 atom stereocenters. The van der Waals surface area contributed by atoms with Crippen LogP contribution >= 0.6 is 0 Å². The molecule has 2 N–H and O–H groups in total. The fourth-order valence-electron chi connectivity index (χ4n) is 3.73. The minimum absolute atomic E-state index is 0.0918. The number of aliphatic hydroxyl groups is 1. The molecule has 1 aliphatic carbocycles. The summed E-state index contributed by atoms with van der Waals surface area (Å²) in [5.74, 6) is -0.0918. The number of likely N-dealkylation sites (tertiary alicyclic amines) is 1. The summed E-state index contributed by atoms with van der Waals surface area (Å²) in [6.07, 6.45) is 6.42. The summed E-state index contributed by atoms with van der Waals surface area (Å²) in [7, 11) is 0. The normalized spacial score (nSPS) is 22.9. The third-order valence-electron chi connectivity index (χ3n) is 4.99. The molecule has 0 aromatic carbocycles. The van der Waals surface area contributed by atoms with Gasteiger partial charge in [0.1, 0.15) is 0 Å². The van der Waals surface area contributed by atoms with Gasteiger partial charge in [-0.15, -0.1) is 0 Å². The molecule has 2 aliphatic rings. The largest absolute Gasteiger partial charge is 0.503 e. The van der Waals surface area contributed by atoms with Crippen molar-refractivity contribution in [3.63, 3.8) is 0 Å². The van der Waals surface area contributed by atoms with E-state index in [9.17, 15) is 15.0 Å². The molecule has 2 fully saturated rings. The van der Waals surface area contributed by atoms with E-state index >= 15 is 0 Å². The zero-order valence-corrected chi connectivity index (χ0v) is 13.3. The molecule has 122 valence electrons. The van der Waals surface area contributed by atoms with Crippen molar-refractivity contribution in [1.82, 2.24) is 9.47 Å². The molecule has 1 aliphatic heterocycles. The first-order chi connectivity index (χ1) is 10.6. The zero-order chi connectivity index (χ0) is 15.7. The van der Waals surface area contributed by atoms with Gasteiger partial charge in [0.15, 0.2) is 5.75 Å². The summed E-state index contributed by atoms with van der Waals surface area (Å²) in [6, 6.07) is 2.32. The third kappa shape index (κ3) is 3.06. The highest BCUT2D eigenvalue weighted by molar-refractivity contribution is 5.31. The molecule has 1 unspecified atom stereocenters. The molecular weight excluding hydrogens is 280 g/mol. The average molecular weight is 306 g/mol. The Bertz CT molecular complexity index is 590. The zero-order valence-electron chi connectivity index (χ0n) is 13.3. The van der Waals surface area contributed by atoms with Crippen LogP contribution in [0.15, 0.2) is 10.9 Å². The number of aromatic hydroxyl groups is 1. The van der Waals surface area contributed by atoms with Gasteiger partial charge in [-0.3, -0.25) is 9.69 Å². The van der Waals surface area contributed by atoms with Gasteiger partial charge in [-0.2, -0.15) is 0 Å². The monoisotopic (exact) mass is 306 g/mol. The summed E-state index contributed by atoms with van der Waals surface area (Å²) >= 11 is 0. The van der Waals surface area contributed by atoms with Crippen LogP contribution < -0.4 is 5.43 Å². The lowest BCUT2D eigenvalue weighted by Gasteiger charge is -2.36. The summed E-state index contributed by atoms with van der Waals surface area (Å²) < 4.78 is 2.15. The molecule has 5 heteroatoms. The second-order valence-electron chi connectivity index (χ2n) is 6.68. The fourth-order valence-corrected chi connectivity index (χ4v) is 3.73. The van der Waals surface area contributed by atoms with Crippen LogP contribution in [0.2, 0.25) is 0 Å². The Morgan fingerprint density at radius 3 is 2.73 bits per heavy atom. The highest BCUT2D eigenvalue weighted by Crippen LogP contribution is 2.38. The SMILES string of the molecule is Cc1cc(=O)c(O)c(CN2CCCCC2CCO)n1C1CC1. The average Bonchev–Trinajstić information content (AvgIpc) is 3.31. The molecule has 22 heavy (non-hydrogen) atoms. The van der Waals surface area contributed by atoms with Crippen LogP contribution in [0.25, 0.3) is 0 Å². The Balaban J connectivity index is 1.91. The summed E-state index contributed by atoms with van der Waals surface area (Å²) in [6.45, 7) is 3.71. The highest BCUT2D eigenvalue weighted by atomic mass is 16.3. The van der Waals surface area contributed by atoms with E-state index in [4.69, 9.17) is 0 Å². The summed E-state index contributed by atoms with van der Waals surface area (Å²) in [5, 5.41) is 19.6. The lowest BCUT2D eigenvalue weighted by Crippen LogP contribution is -2.40. The van der Waals surface area contributed by atoms with Gasteiger partial charge in [0.2, 0.25) is 5.43 Å². The molecule has 0 amide bonds. The van der Waals surface area contributed by atoms with Gasteiger partial charge in [-0.05, 0) is 45.6 Å². The molecule has 1 aromatic rings. The van der Waals surface area contributed by atoms with Crippen LogP contribution in [0.4, 0.5) is 0 Å². The molecule has 0 radical (unpaired) electrons. The van der Waals surface area contributed by atoms with Gasteiger partial charge in [0.25, 0.3) is 0 Å². The van der Waals surface area contributed by atoms with Crippen LogP contribution in [0.3, 0.4) is 0 Å². The summed E-state index contributed by atoms with van der Waals surface area (Å²) in [5.41, 5.74) is 1.42. The van der Waals surface area contributed by atoms with Crippen molar-refractivity contribution in [2.24, 2.45) is 0 Å². The van der Waals surface area contributed by atoms with Crippen molar-refractivity contribution in [2.45, 2.75) is 64.1 Å². The standard InChI is InChI=1S/C17H26N2O3/c1-12-10-16(21)17(22)15(19(12)14-5-6-14)11-18-8-3-2-4-13(18)7-9-20/h10,13-14,20,22H,2-9,11H2,1H3. The lowest BCUT2D eigenvalue weighted by molar-refractivity contribution is 0.108. The van der Waals surface area contributed by atoms with Gasteiger partial charge in [-0.1, -0.05) is 6.42 Å². The maximum atomic E-state index is 12.0. The Labute approximate surface area is 131 Å². The minimum atomic E-state index is -0.278. The van der Waals surface area contributed by atoms with Gasteiger partial charge in [0, 0.05) is 37.0 Å². The van der Waals surface area contributed by atoms with Crippen molar-refractivity contribution < 1.29 is 10.2 Å². The number of pyridine rings is 1. The van der Waals surface area contributed by atoms with Gasteiger partial charge >= 0.3 is 0 Å². The number of aliphatic hydroxyl groups excluding tert-OH is 1. The van der Waals surface area contributed by atoms with Crippen molar-refractivity contribution in [2.75, 3.05) is 13.2 Å². The van der Waals surface area contributed by atoms with Crippen molar-refractivity contribution in [1.29, 1.82) is 0 Å². The van der Waals surface area contributed by atoms with Gasteiger partial charge in [-0.25, -0.2) is 0 Å². The van der Waals surface area contributed by atoms with E-state index in [-0.39, 0.29) is 17.8 Å². The number of hydrogen-bond acceptors (Lipinski definition) is 4. The van der Waals surface area contributed by atoms with E-state index in [0.717, 1.165) is 50.0 Å². The molecular formula is C17H26N2O3. The van der Waals surface area contributed by atoms with Crippen molar-refractivity contribution in [3.05, 3.63) is 27.7 Å². The number of piperidine rings is 1. The van der Waals surface area contributed by atoms with E-state index in [0.29, 0.717) is 18.6 Å². The predicted molar refractivity (Wildman–Crippen MR) is 85.1 cm³/mol. The molecule has 5 nitrogen and oxygen atoms in total. The number of rotatable bonds is 5.